The van der Waals surface area contributed by atoms with Crippen molar-refractivity contribution in [3.8, 4) is 0 Å². The topological polar surface area (TPSA) is 134 Å². The van der Waals surface area contributed by atoms with Crippen LogP contribution in [0, 0.1) is 29.1 Å². The van der Waals surface area contributed by atoms with Gasteiger partial charge in [-0.1, -0.05) is 75.8 Å². The van der Waals surface area contributed by atoms with Gasteiger partial charge in [-0.25, -0.2) is 0 Å². The molecule has 2 N–H and O–H groups in total. The molecule has 6 rings (SSSR count). The van der Waals surface area contributed by atoms with Crippen molar-refractivity contribution >= 4 is 46.6 Å². The van der Waals surface area contributed by atoms with Crippen LogP contribution >= 0.6 is 11.6 Å². The molecule has 4 fully saturated rings. The van der Waals surface area contributed by atoms with Crippen LogP contribution in [0.5, 0.6) is 0 Å². The Hall–Kier alpha value is -3.27. The second kappa shape index (κ2) is 13.6. The van der Waals surface area contributed by atoms with Crippen LogP contribution in [0.25, 0.3) is 0 Å². The molecule has 11 heteroatoms. The number of nitrogens with one attached hydrogen (secondary N) is 2. The third-order valence-corrected chi connectivity index (χ3v) is 11.5. The van der Waals surface area contributed by atoms with Crippen molar-refractivity contribution in [2.75, 3.05) is 6.54 Å². The zero-order valence-electron chi connectivity index (χ0n) is 28.6. The van der Waals surface area contributed by atoms with Crippen LogP contribution in [-0.2, 0) is 28.8 Å². The van der Waals surface area contributed by atoms with Crippen LogP contribution in [0.3, 0.4) is 0 Å². The number of fused-ring (bicyclic) bond motifs is 2. The molecule has 1 aromatic rings. The second-order valence-corrected chi connectivity index (χ2v) is 16.5. The van der Waals surface area contributed by atoms with E-state index in [1.165, 1.54) is 24.2 Å². The molecule has 3 saturated carbocycles. The van der Waals surface area contributed by atoms with Crippen molar-refractivity contribution in [2.45, 2.75) is 122 Å². The fourth-order valence-electron chi connectivity index (χ4n) is 8.41. The molecular formula is C37H49ClN4O6. The van der Waals surface area contributed by atoms with E-state index in [-0.39, 0.29) is 37.1 Å². The number of rotatable bonds is 12. The lowest BCUT2D eigenvalue weighted by Gasteiger charge is -2.36. The lowest BCUT2D eigenvalue weighted by molar-refractivity contribution is -0.145. The number of ketones is 2. The van der Waals surface area contributed by atoms with E-state index in [0.717, 1.165) is 24.8 Å². The molecule has 2 aliphatic heterocycles. The number of amides is 3. The van der Waals surface area contributed by atoms with Crippen molar-refractivity contribution in [1.82, 2.24) is 15.5 Å². The number of likely N-dealkylation sites (tertiary alicyclic amines) is 1. The maximum Gasteiger partial charge on any atom is 0.246 e. The van der Waals surface area contributed by atoms with Crippen molar-refractivity contribution in [3.63, 3.8) is 0 Å². The van der Waals surface area contributed by atoms with Crippen molar-refractivity contribution in [3.05, 3.63) is 34.9 Å². The lowest BCUT2D eigenvalue weighted by atomic mass is 9.84. The summed E-state index contributed by atoms with van der Waals surface area (Å²) >= 11 is 6.25. The molecule has 10 nitrogen and oxygen atoms in total. The molecule has 1 aromatic carbocycles. The predicted molar refractivity (Wildman–Crippen MR) is 181 cm³/mol. The van der Waals surface area contributed by atoms with Crippen molar-refractivity contribution in [2.24, 2.45) is 34.2 Å². The zero-order valence-corrected chi connectivity index (χ0v) is 29.3. The van der Waals surface area contributed by atoms with Crippen LogP contribution in [-0.4, -0.2) is 70.2 Å². The molecule has 5 aliphatic rings. The number of benzene rings is 1. The fraction of sp³-hybridized carbons (Fsp3) is 0.676. The standard InChI is InChI=1S/C37H49ClN4O6/c1-5-30(43)32(45)27(15-21-9-10-21)39-34(46)29-19-37(18-28(41-48-37)24-7-6-8-26(38)16-24)20-42(29)35(47)33(36(2,3)4)40-31(44)17-25-14-22-11-12-23(25)13-22/h6-8,16,21-23,25,27,29,33H,5,9-15,17-20H2,1-4H3,(H,39,46)(H,40,44)/t22?,23?,25?,27-,29-,33+,37+/m0/s1. The number of carbonyl (C=O) groups is 5. The van der Waals surface area contributed by atoms with E-state index in [0.29, 0.717) is 47.8 Å². The van der Waals surface area contributed by atoms with Gasteiger partial charge in [0.2, 0.25) is 23.5 Å². The molecule has 0 radical (unpaired) electrons. The van der Waals surface area contributed by atoms with Gasteiger partial charge in [-0.15, -0.1) is 0 Å². The van der Waals surface area contributed by atoms with Gasteiger partial charge in [0.05, 0.1) is 18.3 Å². The van der Waals surface area contributed by atoms with E-state index in [4.69, 9.17) is 16.4 Å². The maximum absolute atomic E-state index is 14.6. The molecule has 1 spiro atoms. The van der Waals surface area contributed by atoms with E-state index in [1.807, 2.05) is 32.9 Å². The highest BCUT2D eigenvalue weighted by molar-refractivity contribution is 6.39. The Labute approximate surface area is 288 Å². The highest BCUT2D eigenvalue weighted by atomic mass is 35.5. The summed E-state index contributed by atoms with van der Waals surface area (Å²) in [5, 5.41) is 10.9. The average Bonchev–Trinajstić information content (AvgIpc) is 3.38. The van der Waals surface area contributed by atoms with Gasteiger partial charge >= 0.3 is 0 Å². The maximum atomic E-state index is 14.6. The molecule has 7 atom stereocenters. The Morgan fingerprint density at radius 3 is 2.48 bits per heavy atom. The first kappa shape index (κ1) is 34.6. The van der Waals surface area contributed by atoms with Gasteiger partial charge in [-0.2, -0.15) is 0 Å². The number of carbonyl (C=O) groups excluding carboxylic acids is 5. The van der Waals surface area contributed by atoms with E-state index < -0.39 is 46.6 Å². The first-order valence-corrected chi connectivity index (χ1v) is 18.1. The summed E-state index contributed by atoms with van der Waals surface area (Å²) in [5.74, 6) is -0.259. The SMILES string of the molecule is CCC(=O)C(=O)[C@H](CC1CC1)NC(=O)[C@@H]1C[C@]2(CC(c3cccc(Cl)c3)=NO2)CN1C(=O)[C@@H](NC(=O)CC1CC2CCC1C2)C(C)(C)C. The van der Waals surface area contributed by atoms with Crippen molar-refractivity contribution < 1.29 is 28.8 Å². The molecule has 3 aliphatic carbocycles. The van der Waals surface area contributed by atoms with Gasteiger partial charge in [-0.05, 0) is 66.9 Å². The van der Waals surface area contributed by atoms with E-state index in [2.05, 4.69) is 15.8 Å². The van der Waals surface area contributed by atoms with Gasteiger partial charge in [0.1, 0.15) is 12.1 Å². The second-order valence-electron chi connectivity index (χ2n) is 16.1. The summed E-state index contributed by atoms with van der Waals surface area (Å²) in [4.78, 5) is 75.4. The molecular weight excluding hydrogens is 632 g/mol. The Balaban J connectivity index is 1.24. The Morgan fingerprint density at radius 2 is 1.85 bits per heavy atom. The number of oxime groups is 1. The summed E-state index contributed by atoms with van der Waals surface area (Å²) in [5.41, 5.74) is -0.193. The summed E-state index contributed by atoms with van der Waals surface area (Å²) in [6, 6.07) is 4.44. The van der Waals surface area contributed by atoms with Gasteiger partial charge in [0.15, 0.2) is 11.4 Å². The fourth-order valence-corrected chi connectivity index (χ4v) is 8.60. The minimum Gasteiger partial charge on any atom is -0.387 e. The lowest BCUT2D eigenvalue weighted by Crippen LogP contribution is -2.59. The number of hydrogen-bond acceptors (Lipinski definition) is 7. The van der Waals surface area contributed by atoms with Gasteiger partial charge < -0.3 is 20.4 Å². The van der Waals surface area contributed by atoms with Crippen LogP contribution < -0.4 is 10.6 Å². The number of Topliss-reactive ketones (excluding diaryl/α,β-unsaturated/α-hetero) is 2. The van der Waals surface area contributed by atoms with Crippen LogP contribution in [0.15, 0.2) is 29.4 Å². The highest BCUT2D eigenvalue weighted by Crippen LogP contribution is 2.49. The van der Waals surface area contributed by atoms with E-state index >= 15 is 0 Å². The monoisotopic (exact) mass is 680 g/mol. The number of nitrogens with zero attached hydrogens (tertiary/aromatic N) is 2. The molecule has 48 heavy (non-hydrogen) atoms. The minimum absolute atomic E-state index is 0.0553. The van der Waals surface area contributed by atoms with Crippen LogP contribution in [0.1, 0.15) is 104 Å². The van der Waals surface area contributed by atoms with Crippen molar-refractivity contribution in [1.29, 1.82) is 0 Å². The van der Waals surface area contributed by atoms with E-state index in [1.54, 1.807) is 19.1 Å². The zero-order chi connectivity index (χ0) is 34.4. The first-order chi connectivity index (χ1) is 22.7. The Bertz CT molecular complexity index is 1500. The number of hydrogen-bond donors (Lipinski definition) is 2. The summed E-state index contributed by atoms with van der Waals surface area (Å²) in [7, 11) is 0. The molecule has 3 unspecified atom stereocenters. The van der Waals surface area contributed by atoms with Crippen LogP contribution in [0.2, 0.25) is 5.02 Å². The minimum atomic E-state index is -0.995. The summed E-state index contributed by atoms with van der Waals surface area (Å²) in [6.45, 7) is 7.41. The predicted octanol–water partition coefficient (Wildman–Crippen LogP) is 4.99. The largest absolute Gasteiger partial charge is 0.387 e. The van der Waals surface area contributed by atoms with Gasteiger partial charge in [-0.3, -0.25) is 24.0 Å². The molecule has 0 aromatic heterocycles. The first-order valence-electron chi connectivity index (χ1n) is 17.7. The summed E-state index contributed by atoms with van der Waals surface area (Å²) < 4.78 is 0. The van der Waals surface area contributed by atoms with Crippen LogP contribution in [0.4, 0.5) is 0 Å². The Kier molecular flexibility index (Phi) is 9.77. The molecule has 2 bridgehead atoms. The average molecular weight is 681 g/mol. The summed E-state index contributed by atoms with van der Waals surface area (Å²) in [6.07, 6.45) is 7.90. The smallest absolute Gasteiger partial charge is 0.246 e. The molecule has 260 valence electrons. The third kappa shape index (κ3) is 7.48. The molecule has 2 heterocycles. The van der Waals surface area contributed by atoms with E-state index in [9.17, 15) is 24.0 Å². The molecule has 3 amide bonds. The highest BCUT2D eigenvalue weighted by Gasteiger charge is 2.56. The third-order valence-electron chi connectivity index (χ3n) is 11.2. The molecule has 1 saturated heterocycles. The van der Waals surface area contributed by atoms with Gasteiger partial charge in [0, 0.05) is 36.3 Å². The Morgan fingerprint density at radius 1 is 1.08 bits per heavy atom. The quantitative estimate of drug-likeness (QED) is 0.299. The number of halogens is 1. The van der Waals surface area contributed by atoms with Gasteiger partial charge in [0.25, 0.3) is 0 Å². The normalized spacial score (nSPS) is 28.9.